The number of hydrogen-bond acceptors (Lipinski definition) is 8. The molecule has 3 heterocycles. The molecule has 1 fully saturated rings. The van der Waals surface area contributed by atoms with Gasteiger partial charge in [0.1, 0.15) is 6.04 Å². The number of hydrogen-bond donors (Lipinski definition) is 1. The maximum Gasteiger partial charge on any atom is 0.410 e. The number of alkyl halides is 3. The molecule has 0 radical (unpaired) electrons. The zero-order valence-corrected chi connectivity index (χ0v) is 25.8. The minimum atomic E-state index is -4.61. The van der Waals surface area contributed by atoms with E-state index in [1.54, 1.807) is 29.4 Å². The Balaban J connectivity index is 1.50. The SMILES string of the molecule is Cc1cc(-c2ccncc2N2CCN(C(=O)C=CCN(C)C)C(C(F)(F)F)C2)ccc1CNC(=O)c1noc(C(C)(C)C)n1. The highest BCUT2D eigenvalue weighted by Crippen LogP contribution is 2.35. The number of aryl methyl sites for hydroxylation is 1. The molecule has 1 N–H and O–H groups in total. The molecular formula is C31H38F3N7O3. The summed E-state index contributed by atoms with van der Waals surface area (Å²) in [6.45, 7) is 8.00. The molecule has 3 aromatic rings. The molecule has 44 heavy (non-hydrogen) atoms. The highest BCUT2D eigenvalue weighted by atomic mass is 19.4. The standard InChI is InChI=1S/C31H38F3N7O3/c1-20-16-21(9-10-22(20)17-36-28(43)27-37-29(44-38-27)30(2,3)4)23-11-12-35-18-24(23)40-14-15-41(25(19-40)31(32,33)34)26(42)8-7-13-39(5)6/h7-12,16,18,25H,13-15,17,19H2,1-6H3,(H,36,43). The van der Waals surface area contributed by atoms with Gasteiger partial charge in [-0.3, -0.25) is 14.6 Å². The fourth-order valence-electron chi connectivity index (χ4n) is 4.82. The van der Waals surface area contributed by atoms with Gasteiger partial charge in [-0.05, 0) is 43.8 Å². The van der Waals surface area contributed by atoms with E-state index in [0.29, 0.717) is 23.7 Å². The average molecular weight is 614 g/mol. The largest absolute Gasteiger partial charge is 0.410 e. The Morgan fingerprint density at radius 2 is 1.91 bits per heavy atom. The molecule has 2 amide bonds. The molecule has 13 heteroatoms. The van der Waals surface area contributed by atoms with Crippen LogP contribution >= 0.6 is 0 Å². The molecule has 1 aliphatic heterocycles. The van der Waals surface area contributed by atoms with Gasteiger partial charge in [0.15, 0.2) is 0 Å². The van der Waals surface area contributed by atoms with Gasteiger partial charge in [0, 0.05) is 56.0 Å². The van der Waals surface area contributed by atoms with Crippen molar-refractivity contribution < 1.29 is 27.3 Å². The Labute approximate surface area is 254 Å². The van der Waals surface area contributed by atoms with E-state index >= 15 is 0 Å². The van der Waals surface area contributed by atoms with Gasteiger partial charge in [0.2, 0.25) is 11.8 Å². The normalized spacial score (nSPS) is 16.2. The predicted octanol–water partition coefficient (Wildman–Crippen LogP) is 4.36. The third-order valence-electron chi connectivity index (χ3n) is 7.28. The molecule has 1 atom stereocenters. The molecule has 0 saturated carbocycles. The quantitative estimate of drug-likeness (QED) is 0.374. The summed E-state index contributed by atoms with van der Waals surface area (Å²) in [6.07, 6.45) is 1.31. The van der Waals surface area contributed by atoms with Crippen LogP contribution in [0.1, 0.15) is 48.4 Å². The Kier molecular flexibility index (Phi) is 9.77. The summed E-state index contributed by atoms with van der Waals surface area (Å²) in [5.41, 5.74) is 3.39. The van der Waals surface area contributed by atoms with Crippen LogP contribution in [-0.4, -0.2) is 89.2 Å². The molecule has 2 aromatic heterocycles. The number of rotatable bonds is 8. The molecule has 236 valence electrons. The Morgan fingerprint density at radius 3 is 2.55 bits per heavy atom. The first-order valence-corrected chi connectivity index (χ1v) is 14.2. The van der Waals surface area contributed by atoms with Gasteiger partial charge in [-0.25, -0.2) is 0 Å². The van der Waals surface area contributed by atoms with Gasteiger partial charge in [-0.15, -0.1) is 0 Å². The van der Waals surface area contributed by atoms with Gasteiger partial charge in [-0.1, -0.05) is 50.2 Å². The van der Waals surface area contributed by atoms with Crippen molar-refractivity contribution in [1.82, 2.24) is 30.2 Å². The fourth-order valence-corrected chi connectivity index (χ4v) is 4.82. The minimum Gasteiger partial charge on any atom is -0.366 e. The number of piperazine rings is 1. The summed E-state index contributed by atoms with van der Waals surface area (Å²) >= 11 is 0. The van der Waals surface area contributed by atoms with Crippen LogP contribution in [0.4, 0.5) is 18.9 Å². The number of carbonyl (C=O) groups is 2. The van der Waals surface area contributed by atoms with Crippen molar-refractivity contribution in [2.45, 2.75) is 51.9 Å². The number of carbonyl (C=O) groups excluding carboxylic acids is 2. The van der Waals surface area contributed by atoms with E-state index in [1.807, 2.05) is 64.9 Å². The number of nitrogens with one attached hydrogen (secondary N) is 1. The van der Waals surface area contributed by atoms with Gasteiger partial charge in [0.25, 0.3) is 11.7 Å². The van der Waals surface area contributed by atoms with Crippen molar-refractivity contribution in [3.8, 4) is 11.1 Å². The summed E-state index contributed by atoms with van der Waals surface area (Å²) in [7, 11) is 3.62. The fraction of sp³-hybridized carbons (Fsp3) is 0.452. The van der Waals surface area contributed by atoms with Gasteiger partial charge < -0.3 is 24.5 Å². The van der Waals surface area contributed by atoms with E-state index in [-0.39, 0.29) is 30.9 Å². The Bertz CT molecular complexity index is 1510. The number of anilines is 1. The summed E-state index contributed by atoms with van der Waals surface area (Å²) < 4.78 is 47.8. The molecule has 1 saturated heterocycles. The summed E-state index contributed by atoms with van der Waals surface area (Å²) in [5, 5.41) is 6.58. The first-order chi connectivity index (χ1) is 20.6. The number of likely N-dealkylation sites (N-methyl/N-ethyl adjacent to an activating group) is 1. The molecule has 0 aliphatic carbocycles. The zero-order valence-electron chi connectivity index (χ0n) is 25.8. The average Bonchev–Trinajstić information content (AvgIpc) is 3.47. The van der Waals surface area contributed by atoms with Crippen LogP contribution in [0.2, 0.25) is 0 Å². The molecule has 10 nitrogen and oxygen atoms in total. The van der Waals surface area contributed by atoms with E-state index < -0.39 is 30.6 Å². The van der Waals surface area contributed by atoms with Crippen LogP contribution in [0.3, 0.4) is 0 Å². The number of nitrogens with zero attached hydrogens (tertiary/aromatic N) is 6. The number of benzene rings is 1. The third-order valence-corrected chi connectivity index (χ3v) is 7.28. The lowest BCUT2D eigenvalue weighted by molar-refractivity contribution is -0.188. The molecule has 0 bridgehead atoms. The van der Waals surface area contributed by atoms with Crippen molar-refractivity contribution in [2.75, 3.05) is 45.2 Å². The predicted molar refractivity (Wildman–Crippen MR) is 160 cm³/mol. The van der Waals surface area contributed by atoms with Crippen LogP contribution in [0.15, 0.2) is 53.3 Å². The van der Waals surface area contributed by atoms with Crippen LogP contribution < -0.4 is 10.2 Å². The van der Waals surface area contributed by atoms with Gasteiger partial charge >= 0.3 is 6.18 Å². The van der Waals surface area contributed by atoms with Crippen molar-refractivity contribution in [3.63, 3.8) is 0 Å². The maximum absolute atomic E-state index is 14.2. The number of halogens is 3. The second kappa shape index (κ2) is 13.2. The van der Waals surface area contributed by atoms with Crippen molar-refractivity contribution in [2.24, 2.45) is 0 Å². The van der Waals surface area contributed by atoms with E-state index in [4.69, 9.17) is 4.52 Å². The van der Waals surface area contributed by atoms with E-state index in [1.165, 1.54) is 6.08 Å². The van der Waals surface area contributed by atoms with Gasteiger partial charge in [0.05, 0.1) is 11.9 Å². The topological polar surface area (TPSA) is 108 Å². The molecule has 1 aliphatic rings. The maximum atomic E-state index is 14.2. The lowest BCUT2D eigenvalue weighted by Crippen LogP contribution is -2.60. The van der Waals surface area contributed by atoms with E-state index in [2.05, 4.69) is 20.4 Å². The van der Waals surface area contributed by atoms with Crippen LogP contribution in [0.25, 0.3) is 11.1 Å². The number of aromatic nitrogens is 3. The number of pyridine rings is 1. The molecule has 0 spiro atoms. The highest BCUT2D eigenvalue weighted by molar-refractivity contribution is 5.90. The molecular weight excluding hydrogens is 575 g/mol. The van der Waals surface area contributed by atoms with Crippen LogP contribution in [0, 0.1) is 6.92 Å². The highest BCUT2D eigenvalue weighted by Gasteiger charge is 2.48. The molecule has 1 aromatic carbocycles. The zero-order chi connectivity index (χ0) is 32.2. The van der Waals surface area contributed by atoms with E-state index in [9.17, 15) is 22.8 Å². The van der Waals surface area contributed by atoms with Crippen LogP contribution in [0.5, 0.6) is 0 Å². The monoisotopic (exact) mass is 613 g/mol. The Morgan fingerprint density at radius 1 is 1.16 bits per heavy atom. The first-order valence-electron chi connectivity index (χ1n) is 14.2. The van der Waals surface area contributed by atoms with Gasteiger partial charge in [-0.2, -0.15) is 18.2 Å². The number of amides is 2. The van der Waals surface area contributed by atoms with Crippen LogP contribution in [-0.2, 0) is 16.8 Å². The lowest BCUT2D eigenvalue weighted by atomic mass is 9.97. The van der Waals surface area contributed by atoms with Crippen molar-refractivity contribution >= 4 is 17.5 Å². The second-order valence-electron chi connectivity index (χ2n) is 12.1. The first kappa shape index (κ1) is 32.6. The summed E-state index contributed by atoms with van der Waals surface area (Å²) in [6, 6.07) is 5.44. The van der Waals surface area contributed by atoms with Crippen molar-refractivity contribution in [3.05, 3.63) is 71.7 Å². The smallest absolute Gasteiger partial charge is 0.366 e. The summed E-state index contributed by atoms with van der Waals surface area (Å²) in [5.74, 6) is -0.807. The van der Waals surface area contributed by atoms with Crippen molar-refractivity contribution in [1.29, 1.82) is 0 Å². The second-order valence-corrected chi connectivity index (χ2v) is 12.1. The molecule has 1 unspecified atom stereocenters. The lowest BCUT2D eigenvalue weighted by Gasteiger charge is -2.43. The summed E-state index contributed by atoms with van der Waals surface area (Å²) in [4.78, 5) is 38.0. The molecule has 4 rings (SSSR count). The third kappa shape index (κ3) is 7.81. The Hall–Kier alpha value is -4.26. The minimum absolute atomic E-state index is 0.0471. The van der Waals surface area contributed by atoms with E-state index in [0.717, 1.165) is 21.6 Å².